The summed E-state index contributed by atoms with van der Waals surface area (Å²) in [5, 5.41) is 0. The van der Waals surface area contributed by atoms with E-state index in [1.165, 1.54) is 19.3 Å². The van der Waals surface area contributed by atoms with Gasteiger partial charge in [0.05, 0.1) is 12.2 Å². The normalized spacial score (nSPS) is 62.5. The van der Waals surface area contributed by atoms with Crippen molar-refractivity contribution >= 4 is 31.9 Å². The lowest BCUT2D eigenvalue weighted by atomic mass is 9.67. The van der Waals surface area contributed by atoms with Crippen molar-refractivity contribution in [1.29, 1.82) is 0 Å². The maximum Gasteiger partial charge on any atom is 0.0710 e. The smallest absolute Gasteiger partial charge is 0.0710 e. The lowest BCUT2D eigenvalue weighted by Gasteiger charge is -2.54. The van der Waals surface area contributed by atoms with E-state index in [1.807, 2.05) is 0 Å². The van der Waals surface area contributed by atoms with Crippen LogP contribution in [0.5, 0.6) is 0 Å². The SMILES string of the molecule is BrC1C2CC3CC1OC(C2)C3Br. The molecule has 3 heteroatoms. The molecule has 68 valence electrons. The van der Waals surface area contributed by atoms with Gasteiger partial charge in [-0.15, -0.1) is 0 Å². The Labute approximate surface area is 89.5 Å². The van der Waals surface area contributed by atoms with E-state index in [0.717, 1.165) is 11.8 Å². The molecule has 0 N–H and O–H groups in total. The molecule has 4 aliphatic rings. The first kappa shape index (κ1) is 8.25. The second-order valence-electron chi connectivity index (χ2n) is 4.33. The first-order valence-corrected chi connectivity index (χ1v) is 6.52. The van der Waals surface area contributed by atoms with Crippen molar-refractivity contribution < 1.29 is 4.74 Å². The third-order valence-electron chi connectivity index (χ3n) is 3.64. The molecule has 4 bridgehead atoms. The van der Waals surface area contributed by atoms with E-state index in [0.29, 0.717) is 21.9 Å². The standard InChI is InChI=1S/C9H12Br2O/c10-8-4-1-5-3-7(8)12-6(2-4)9(5)11/h4-9H,1-3H2. The van der Waals surface area contributed by atoms with E-state index < -0.39 is 0 Å². The van der Waals surface area contributed by atoms with E-state index in [4.69, 9.17) is 4.74 Å². The maximum atomic E-state index is 5.95. The molecule has 0 amide bonds. The number of hydrogen-bond acceptors (Lipinski definition) is 1. The Kier molecular flexibility index (Phi) is 1.86. The minimum absolute atomic E-state index is 0.515. The molecule has 2 saturated heterocycles. The summed E-state index contributed by atoms with van der Waals surface area (Å²) in [6, 6.07) is 0. The highest BCUT2D eigenvalue weighted by Crippen LogP contribution is 2.52. The predicted molar refractivity (Wildman–Crippen MR) is 54.9 cm³/mol. The van der Waals surface area contributed by atoms with Crippen LogP contribution in [-0.4, -0.2) is 21.9 Å². The first-order valence-electron chi connectivity index (χ1n) is 4.69. The topological polar surface area (TPSA) is 9.23 Å². The zero-order valence-electron chi connectivity index (χ0n) is 6.75. The number of halogens is 2. The molecular formula is C9H12Br2O. The van der Waals surface area contributed by atoms with E-state index in [9.17, 15) is 0 Å². The average Bonchev–Trinajstić information content (AvgIpc) is 2.02. The van der Waals surface area contributed by atoms with Crippen molar-refractivity contribution in [3.05, 3.63) is 0 Å². The van der Waals surface area contributed by atoms with Gasteiger partial charge in [0.2, 0.25) is 0 Å². The van der Waals surface area contributed by atoms with Crippen LogP contribution in [0.25, 0.3) is 0 Å². The Hall–Kier alpha value is 0.920. The van der Waals surface area contributed by atoms with Gasteiger partial charge in [0.25, 0.3) is 0 Å². The number of ether oxygens (including phenoxy) is 1. The van der Waals surface area contributed by atoms with Crippen molar-refractivity contribution in [3.8, 4) is 0 Å². The molecule has 2 saturated carbocycles. The summed E-state index contributed by atoms with van der Waals surface area (Å²) in [6.45, 7) is 0. The molecule has 6 unspecified atom stereocenters. The Bertz CT molecular complexity index is 159. The lowest BCUT2D eigenvalue weighted by molar-refractivity contribution is -0.142. The van der Waals surface area contributed by atoms with Crippen molar-refractivity contribution in [2.45, 2.75) is 41.1 Å². The van der Waals surface area contributed by atoms with Crippen LogP contribution in [0.3, 0.4) is 0 Å². The molecule has 0 radical (unpaired) electrons. The van der Waals surface area contributed by atoms with Crippen LogP contribution in [0.4, 0.5) is 0 Å². The zero-order chi connectivity index (χ0) is 8.29. The number of alkyl halides is 2. The van der Waals surface area contributed by atoms with Crippen LogP contribution >= 0.6 is 31.9 Å². The van der Waals surface area contributed by atoms with E-state index in [1.54, 1.807) is 0 Å². The largest absolute Gasteiger partial charge is 0.373 e. The van der Waals surface area contributed by atoms with Crippen LogP contribution in [0.1, 0.15) is 19.3 Å². The third kappa shape index (κ3) is 0.992. The molecule has 12 heavy (non-hydrogen) atoms. The van der Waals surface area contributed by atoms with Crippen molar-refractivity contribution in [2.24, 2.45) is 11.8 Å². The average molecular weight is 296 g/mol. The van der Waals surface area contributed by atoms with E-state index in [2.05, 4.69) is 31.9 Å². The molecule has 0 spiro atoms. The fourth-order valence-corrected chi connectivity index (χ4v) is 4.60. The summed E-state index contributed by atoms with van der Waals surface area (Å²) < 4.78 is 5.95. The summed E-state index contributed by atoms with van der Waals surface area (Å²) in [7, 11) is 0. The molecule has 2 aliphatic carbocycles. The summed E-state index contributed by atoms with van der Waals surface area (Å²) in [5.41, 5.74) is 0. The summed E-state index contributed by atoms with van der Waals surface area (Å²) in [4.78, 5) is 1.29. The summed E-state index contributed by atoms with van der Waals surface area (Å²) in [6.07, 6.45) is 4.96. The monoisotopic (exact) mass is 294 g/mol. The Morgan fingerprint density at radius 1 is 0.833 bits per heavy atom. The minimum Gasteiger partial charge on any atom is -0.373 e. The molecule has 2 heterocycles. The molecule has 4 rings (SSSR count). The number of rotatable bonds is 0. The molecule has 2 aliphatic heterocycles. The summed E-state index contributed by atoms with van der Waals surface area (Å²) in [5.74, 6) is 1.78. The minimum atomic E-state index is 0.515. The van der Waals surface area contributed by atoms with Gasteiger partial charge in [-0.3, -0.25) is 0 Å². The second kappa shape index (κ2) is 2.71. The first-order chi connectivity index (χ1) is 5.75. The van der Waals surface area contributed by atoms with Crippen LogP contribution in [-0.2, 0) is 4.74 Å². The van der Waals surface area contributed by atoms with Crippen LogP contribution in [0.15, 0.2) is 0 Å². The van der Waals surface area contributed by atoms with Crippen LogP contribution in [0, 0.1) is 11.8 Å². The molecule has 0 aromatic heterocycles. The maximum absolute atomic E-state index is 5.95. The highest BCUT2D eigenvalue weighted by molar-refractivity contribution is 9.09. The summed E-state index contributed by atoms with van der Waals surface area (Å²) >= 11 is 7.52. The molecular weight excluding hydrogens is 284 g/mol. The van der Waals surface area contributed by atoms with Gasteiger partial charge >= 0.3 is 0 Å². The van der Waals surface area contributed by atoms with Gasteiger partial charge in [0.15, 0.2) is 0 Å². The lowest BCUT2D eigenvalue weighted by Crippen LogP contribution is -2.57. The zero-order valence-corrected chi connectivity index (χ0v) is 9.92. The van der Waals surface area contributed by atoms with Gasteiger partial charge in [-0.25, -0.2) is 0 Å². The van der Waals surface area contributed by atoms with Gasteiger partial charge in [-0.2, -0.15) is 0 Å². The molecule has 0 aromatic rings. The Balaban J connectivity index is 1.91. The quantitative estimate of drug-likeness (QED) is 0.625. The molecule has 0 aromatic carbocycles. The molecule has 4 fully saturated rings. The van der Waals surface area contributed by atoms with Crippen molar-refractivity contribution in [1.82, 2.24) is 0 Å². The van der Waals surface area contributed by atoms with Crippen LogP contribution < -0.4 is 0 Å². The highest BCUT2D eigenvalue weighted by atomic mass is 79.9. The van der Waals surface area contributed by atoms with Gasteiger partial charge in [-0.1, -0.05) is 31.9 Å². The van der Waals surface area contributed by atoms with Crippen LogP contribution in [0.2, 0.25) is 0 Å². The van der Waals surface area contributed by atoms with Gasteiger partial charge in [0.1, 0.15) is 0 Å². The van der Waals surface area contributed by atoms with Gasteiger partial charge < -0.3 is 4.74 Å². The van der Waals surface area contributed by atoms with E-state index in [-0.39, 0.29) is 0 Å². The highest BCUT2D eigenvalue weighted by Gasteiger charge is 2.52. The fraction of sp³-hybridized carbons (Fsp3) is 1.00. The molecule has 6 atom stereocenters. The van der Waals surface area contributed by atoms with E-state index >= 15 is 0 Å². The third-order valence-corrected chi connectivity index (χ3v) is 6.31. The second-order valence-corrected chi connectivity index (χ2v) is 6.44. The fourth-order valence-electron chi connectivity index (χ4n) is 3.05. The predicted octanol–water partition coefficient (Wildman–Crippen LogP) is 2.71. The van der Waals surface area contributed by atoms with Gasteiger partial charge in [0, 0.05) is 9.65 Å². The Morgan fingerprint density at radius 3 is 1.75 bits per heavy atom. The van der Waals surface area contributed by atoms with Gasteiger partial charge in [-0.05, 0) is 31.1 Å². The molecule has 1 nitrogen and oxygen atoms in total. The van der Waals surface area contributed by atoms with Crippen molar-refractivity contribution in [2.75, 3.05) is 0 Å². The van der Waals surface area contributed by atoms with Crippen molar-refractivity contribution in [3.63, 3.8) is 0 Å². The number of hydrogen-bond donors (Lipinski definition) is 0. The Morgan fingerprint density at radius 2 is 1.33 bits per heavy atom.